The summed E-state index contributed by atoms with van der Waals surface area (Å²) in [5.41, 5.74) is 0.0226. The molecule has 0 atom stereocenters. The zero-order valence-corrected chi connectivity index (χ0v) is 10.2. The molecule has 0 radical (unpaired) electrons. The van der Waals surface area contributed by atoms with Crippen LogP contribution in [0.25, 0.3) is 0 Å². The molecule has 0 fully saturated rings. The van der Waals surface area contributed by atoms with Crippen LogP contribution in [0.3, 0.4) is 0 Å². The van der Waals surface area contributed by atoms with Crippen LogP contribution in [0.1, 0.15) is 23.1 Å². The minimum absolute atomic E-state index is 0.000861. The smallest absolute Gasteiger partial charge is 0.339 e. The minimum Gasteiger partial charge on any atom is -0.490 e. The predicted octanol–water partition coefficient (Wildman–Crippen LogP) is 1.75. The maximum Gasteiger partial charge on any atom is 0.339 e. The van der Waals surface area contributed by atoms with Crippen molar-refractivity contribution in [2.75, 3.05) is 6.61 Å². The molecule has 0 aliphatic heterocycles. The Morgan fingerprint density at radius 1 is 1.42 bits per heavy atom. The summed E-state index contributed by atoms with van der Waals surface area (Å²) in [5.74, 6) is -0.250. The zero-order chi connectivity index (χ0) is 13.7. The van der Waals surface area contributed by atoms with Crippen molar-refractivity contribution in [2.24, 2.45) is 0 Å². The number of hydrogen-bond acceptors (Lipinski definition) is 6. The molecular weight excluding hydrogens is 252 g/mol. The maximum atomic E-state index is 11.2. The van der Waals surface area contributed by atoms with Crippen LogP contribution in [0.4, 0.5) is 0 Å². The largest absolute Gasteiger partial charge is 0.490 e. The second kappa shape index (κ2) is 5.85. The van der Waals surface area contributed by atoms with Gasteiger partial charge in [-0.1, -0.05) is 11.2 Å². The van der Waals surface area contributed by atoms with Gasteiger partial charge in [-0.05, 0) is 19.1 Å². The molecule has 19 heavy (non-hydrogen) atoms. The Labute approximate surface area is 108 Å². The van der Waals surface area contributed by atoms with Crippen molar-refractivity contribution in [1.82, 2.24) is 10.1 Å². The van der Waals surface area contributed by atoms with Crippen molar-refractivity contribution in [3.05, 3.63) is 36.0 Å². The van der Waals surface area contributed by atoms with E-state index in [0.29, 0.717) is 18.2 Å². The van der Waals surface area contributed by atoms with Crippen molar-refractivity contribution in [1.29, 1.82) is 0 Å². The number of carboxylic acid groups (broad SMARTS) is 1. The maximum absolute atomic E-state index is 11.2. The SMILES string of the molecule is CCOc1cccc(C(=O)O)c1OCc1ncon1. The van der Waals surface area contributed by atoms with Crippen molar-refractivity contribution in [3.8, 4) is 11.5 Å². The van der Waals surface area contributed by atoms with E-state index in [4.69, 9.17) is 14.6 Å². The van der Waals surface area contributed by atoms with Crippen LogP contribution in [0.2, 0.25) is 0 Å². The molecule has 7 nitrogen and oxygen atoms in total. The van der Waals surface area contributed by atoms with Crippen LogP contribution >= 0.6 is 0 Å². The molecule has 1 N–H and O–H groups in total. The van der Waals surface area contributed by atoms with Crippen molar-refractivity contribution >= 4 is 5.97 Å². The Balaban J connectivity index is 2.26. The molecule has 0 aliphatic rings. The van der Waals surface area contributed by atoms with E-state index in [1.807, 2.05) is 0 Å². The summed E-state index contributed by atoms with van der Waals surface area (Å²) in [5, 5.41) is 12.7. The fourth-order valence-corrected chi connectivity index (χ4v) is 1.50. The summed E-state index contributed by atoms with van der Waals surface area (Å²) < 4.78 is 15.4. The highest BCUT2D eigenvalue weighted by Gasteiger charge is 2.17. The zero-order valence-electron chi connectivity index (χ0n) is 10.2. The molecule has 100 valence electrons. The Morgan fingerprint density at radius 3 is 2.89 bits per heavy atom. The number of benzene rings is 1. The third kappa shape index (κ3) is 3.01. The van der Waals surface area contributed by atoms with Gasteiger partial charge in [-0.2, -0.15) is 4.98 Å². The van der Waals surface area contributed by atoms with Crippen LogP contribution in [-0.2, 0) is 6.61 Å². The molecule has 7 heteroatoms. The van der Waals surface area contributed by atoms with E-state index in [2.05, 4.69) is 14.7 Å². The van der Waals surface area contributed by atoms with Gasteiger partial charge < -0.3 is 19.1 Å². The molecule has 0 bridgehead atoms. The predicted molar refractivity (Wildman–Crippen MR) is 63.2 cm³/mol. The number of carbonyl (C=O) groups is 1. The molecule has 2 rings (SSSR count). The van der Waals surface area contributed by atoms with Gasteiger partial charge in [-0.3, -0.25) is 0 Å². The van der Waals surface area contributed by atoms with E-state index in [1.54, 1.807) is 19.1 Å². The average Bonchev–Trinajstić information content (AvgIpc) is 2.90. The third-order valence-corrected chi connectivity index (χ3v) is 2.26. The molecule has 1 aromatic heterocycles. The molecule has 1 heterocycles. The van der Waals surface area contributed by atoms with E-state index in [9.17, 15) is 4.79 Å². The lowest BCUT2D eigenvalue weighted by atomic mass is 10.2. The highest BCUT2D eigenvalue weighted by molar-refractivity contribution is 5.92. The summed E-state index contributed by atoms with van der Waals surface area (Å²) >= 11 is 0. The topological polar surface area (TPSA) is 94.7 Å². The number of ether oxygens (including phenoxy) is 2. The molecule has 0 saturated heterocycles. The van der Waals surface area contributed by atoms with Crippen LogP contribution < -0.4 is 9.47 Å². The standard InChI is InChI=1S/C12H12N2O5/c1-2-17-9-5-3-4-8(12(15)16)11(9)18-6-10-13-7-19-14-10/h3-5,7H,2,6H2,1H3,(H,15,16). The van der Waals surface area contributed by atoms with Gasteiger partial charge in [-0.25, -0.2) is 4.79 Å². The van der Waals surface area contributed by atoms with E-state index in [1.165, 1.54) is 12.5 Å². The number of aromatic nitrogens is 2. The molecule has 0 aliphatic carbocycles. The lowest BCUT2D eigenvalue weighted by Gasteiger charge is -2.12. The average molecular weight is 264 g/mol. The number of aromatic carboxylic acids is 1. The minimum atomic E-state index is -1.09. The quantitative estimate of drug-likeness (QED) is 0.849. The summed E-state index contributed by atoms with van der Waals surface area (Å²) in [6.07, 6.45) is 1.17. The van der Waals surface area contributed by atoms with Crippen molar-refractivity contribution in [2.45, 2.75) is 13.5 Å². The second-order valence-corrected chi connectivity index (χ2v) is 3.51. The first-order valence-corrected chi connectivity index (χ1v) is 5.59. The molecule has 0 unspecified atom stereocenters. The van der Waals surface area contributed by atoms with Gasteiger partial charge in [0.25, 0.3) is 0 Å². The van der Waals surface area contributed by atoms with Crippen molar-refractivity contribution < 1.29 is 23.9 Å². The fraction of sp³-hybridized carbons (Fsp3) is 0.250. The van der Waals surface area contributed by atoms with E-state index in [0.717, 1.165) is 0 Å². The molecular formula is C12H12N2O5. The van der Waals surface area contributed by atoms with Crippen LogP contribution in [0.15, 0.2) is 29.1 Å². The monoisotopic (exact) mass is 264 g/mol. The molecule has 0 saturated carbocycles. The van der Waals surface area contributed by atoms with Crippen molar-refractivity contribution in [3.63, 3.8) is 0 Å². The molecule has 0 amide bonds. The Hall–Kier alpha value is -2.57. The number of hydrogen-bond donors (Lipinski definition) is 1. The molecule has 0 spiro atoms. The molecule has 1 aromatic carbocycles. The van der Waals surface area contributed by atoms with E-state index in [-0.39, 0.29) is 17.9 Å². The Morgan fingerprint density at radius 2 is 2.26 bits per heavy atom. The van der Waals surface area contributed by atoms with Gasteiger partial charge in [-0.15, -0.1) is 0 Å². The lowest BCUT2D eigenvalue weighted by molar-refractivity contribution is 0.0690. The highest BCUT2D eigenvalue weighted by atomic mass is 16.5. The van der Waals surface area contributed by atoms with Gasteiger partial charge in [0.2, 0.25) is 12.2 Å². The number of carboxylic acids is 1. The van der Waals surface area contributed by atoms with Crippen LogP contribution in [0.5, 0.6) is 11.5 Å². The number of rotatable bonds is 6. The van der Waals surface area contributed by atoms with Crippen LogP contribution in [-0.4, -0.2) is 27.8 Å². The normalized spacial score (nSPS) is 10.2. The van der Waals surface area contributed by atoms with Gasteiger partial charge >= 0.3 is 5.97 Å². The summed E-state index contributed by atoms with van der Waals surface area (Å²) in [7, 11) is 0. The lowest BCUT2D eigenvalue weighted by Crippen LogP contribution is -2.06. The van der Waals surface area contributed by atoms with Gasteiger partial charge in [0.05, 0.1) is 6.61 Å². The van der Waals surface area contributed by atoms with Gasteiger partial charge in [0.1, 0.15) is 5.56 Å². The third-order valence-electron chi connectivity index (χ3n) is 2.26. The first-order chi connectivity index (χ1) is 9.22. The van der Waals surface area contributed by atoms with Gasteiger partial charge in [0, 0.05) is 0 Å². The Bertz CT molecular complexity index is 553. The summed E-state index contributed by atoms with van der Waals surface area (Å²) in [6, 6.07) is 4.67. The number of para-hydroxylation sites is 1. The first kappa shape index (κ1) is 12.9. The molecule has 2 aromatic rings. The Kier molecular flexibility index (Phi) is 3.97. The number of nitrogens with zero attached hydrogens (tertiary/aromatic N) is 2. The van der Waals surface area contributed by atoms with Crippen LogP contribution in [0, 0.1) is 0 Å². The fourth-order valence-electron chi connectivity index (χ4n) is 1.50. The second-order valence-electron chi connectivity index (χ2n) is 3.51. The van der Waals surface area contributed by atoms with E-state index < -0.39 is 5.97 Å². The van der Waals surface area contributed by atoms with Gasteiger partial charge in [0.15, 0.2) is 18.1 Å². The summed E-state index contributed by atoms with van der Waals surface area (Å²) in [6.45, 7) is 2.21. The first-order valence-electron chi connectivity index (χ1n) is 5.59. The van der Waals surface area contributed by atoms with E-state index >= 15 is 0 Å². The summed E-state index contributed by atoms with van der Waals surface area (Å²) in [4.78, 5) is 14.9. The highest BCUT2D eigenvalue weighted by Crippen LogP contribution is 2.31.